The Morgan fingerprint density at radius 2 is 2.36 bits per heavy atom. The maximum atomic E-state index is 3.81. The van der Waals surface area contributed by atoms with Crippen LogP contribution in [0.2, 0.25) is 0 Å². The molecule has 0 aliphatic heterocycles. The molecule has 0 atom stereocenters. The van der Waals surface area contributed by atoms with Gasteiger partial charge in [0.2, 0.25) is 0 Å². The molecule has 1 heterocycles. The summed E-state index contributed by atoms with van der Waals surface area (Å²) in [5, 5.41) is 16.6. The summed E-state index contributed by atoms with van der Waals surface area (Å²) in [6.45, 7) is 0.954. The summed E-state index contributed by atoms with van der Waals surface area (Å²) in [4.78, 5) is 0. The first-order valence-corrected chi connectivity index (χ1v) is 4.46. The molecule has 0 radical (unpaired) electrons. The maximum absolute atomic E-state index is 3.81. The van der Waals surface area contributed by atoms with Crippen molar-refractivity contribution in [3.05, 3.63) is 29.8 Å². The van der Waals surface area contributed by atoms with E-state index >= 15 is 0 Å². The zero-order chi connectivity index (χ0) is 9.80. The number of nitrogens with zero attached hydrogens (tertiary/aromatic N) is 4. The van der Waals surface area contributed by atoms with Crippen molar-refractivity contribution in [2.75, 3.05) is 7.05 Å². The van der Waals surface area contributed by atoms with Gasteiger partial charge in [-0.3, -0.25) is 10.3 Å². The van der Waals surface area contributed by atoms with Gasteiger partial charge in [-0.15, -0.1) is 0 Å². The van der Waals surface area contributed by atoms with Crippen molar-refractivity contribution in [2.24, 2.45) is 0 Å². The topological polar surface area (TPSA) is 69.4 Å². The van der Waals surface area contributed by atoms with Crippen molar-refractivity contribution in [3.63, 3.8) is 0 Å². The van der Waals surface area contributed by atoms with Crippen LogP contribution < -0.4 is 10.4 Å². The normalized spacial score (nSPS) is 10.4. The van der Waals surface area contributed by atoms with Crippen LogP contribution in [0.3, 0.4) is 0 Å². The third kappa shape index (κ3) is 1.77. The summed E-state index contributed by atoms with van der Waals surface area (Å²) in [5.74, 6) is 0.586. The Morgan fingerprint density at radius 1 is 1.43 bits per heavy atom. The highest BCUT2D eigenvalue weighted by Crippen LogP contribution is 2.13. The van der Waals surface area contributed by atoms with E-state index in [1.165, 1.54) is 5.56 Å². The Labute approximate surface area is 81.5 Å². The molecule has 0 unspecified atom stereocenters. The number of tetrazole rings is 1. The van der Waals surface area contributed by atoms with Crippen LogP contribution in [0.5, 0.6) is 0 Å². The van der Waals surface area contributed by atoms with Gasteiger partial charge in [-0.1, -0.05) is 18.2 Å². The Balaban J connectivity index is 2.31. The molecule has 0 spiro atoms. The molecule has 0 aliphatic carbocycles. The molecular weight excluding hydrogens is 178 g/mol. The van der Waals surface area contributed by atoms with Crippen LogP contribution in [-0.4, -0.2) is 22.6 Å². The first kappa shape index (κ1) is 8.83. The number of nitrogens with two attached hydrogens (primary N) is 1. The third-order valence-corrected chi connectivity index (χ3v) is 1.94. The average Bonchev–Trinajstić information content (AvgIpc) is 2.71. The monoisotopic (exact) mass is 189 g/mol. The van der Waals surface area contributed by atoms with Crippen molar-refractivity contribution in [2.45, 2.75) is 6.54 Å². The van der Waals surface area contributed by atoms with E-state index in [-0.39, 0.29) is 0 Å². The molecule has 72 valence electrons. The summed E-state index contributed by atoms with van der Waals surface area (Å²) < 4.78 is 0. The minimum absolute atomic E-state index is 0.586. The van der Waals surface area contributed by atoms with Gasteiger partial charge in [0.15, 0.2) is 0 Å². The van der Waals surface area contributed by atoms with Crippen LogP contribution in [-0.2, 0) is 6.54 Å². The van der Waals surface area contributed by atoms with E-state index in [0.29, 0.717) is 5.82 Å². The van der Waals surface area contributed by atoms with Crippen LogP contribution in [0.1, 0.15) is 5.56 Å². The van der Waals surface area contributed by atoms with Gasteiger partial charge in [0.1, 0.15) is 6.54 Å². The molecule has 1 aromatic heterocycles. The zero-order valence-electron chi connectivity index (χ0n) is 7.88. The standard InChI is InChI=1S/C9H10N5/c1-10-6-7-3-2-4-8(5-7)9-11-13-14-12-9/h2-5,10H,6H2,1H3/q-1/p+1. The molecule has 5 nitrogen and oxygen atoms in total. The van der Waals surface area contributed by atoms with Gasteiger partial charge in [0.05, 0.1) is 7.05 Å². The van der Waals surface area contributed by atoms with E-state index in [9.17, 15) is 0 Å². The molecular formula is C9H11N5. The van der Waals surface area contributed by atoms with Crippen molar-refractivity contribution in [3.8, 4) is 11.4 Å². The fourth-order valence-electron chi connectivity index (χ4n) is 1.33. The van der Waals surface area contributed by atoms with E-state index in [2.05, 4.69) is 38.1 Å². The summed E-state index contributed by atoms with van der Waals surface area (Å²) >= 11 is 0. The van der Waals surface area contributed by atoms with E-state index in [1.807, 2.05) is 19.2 Å². The number of hydrogen-bond donors (Lipinski definition) is 1. The molecule has 5 heteroatoms. The number of benzene rings is 1. The van der Waals surface area contributed by atoms with E-state index in [0.717, 1.165) is 12.1 Å². The Bertz CT molecular complexity index is 395. The van der Waals surface area contributed by atoms with Gasteiger partial charge in [0, 0.05) is 11.4 Å². The largest absolute Gasteiger partial charge is 0.345 e. The summed E-state index contributed by atoms with van der Waals surface area (Å²) in [5.41, 5.74) is 2.21. The Hall–Kier alpha value is -1.75. The Morgan fingerprint density at radius 3 is 3.07 bits per heavy atom. The second-order valence-corrected chi connectivity index (χ2v) is 3.02. The lowest BCUT2D eigenvalue weighted by Gasteiger charge is -2.02. The summed E-state index contributed by atoms with van der Waals surface area (Å²) in [6, 6.07) is 8.08. The van der Waals surface area contributed by atoms with Crippen LogP contribution in [0, 0.1) is 0 Å². The molecule has 2 N–H and O–H groups in total. The minimum Gasteiger partial charge on any atom is -0.345 e. The lowest BCUT2D eigenvalue weighted by molar-refractivity contribution is -0.643. The smallest absolute Gasteiger partial charge is 0.101 e. The lowest BCUT2D eigenvalue weighted by Crippen LogP contribution is -2.77. The molecule has 0 aliphatic rings. The van der Waals surface area contributed by atoms with E-state index in [4.69, 9.17) is 0 Å². The van der Waals surface area contributed by atoms with E-state index < -0.39 is 0 Å². The first-order chi connectivity index (χ1) is 6.90. The summed E-state index contributed by atoms with van der Waals surface area (Å²) in [7, 11) is 2.04. The second-order valence-electron chi connectivity index (χ2n) is 3.02. The fraction of sp³-hybridized carbons (Fsp3) is 0.222. The predicted octanol–water partition coefficient (Wildman–Crippen LogP) is -0.811. The quantitative estimate of drug-likeness (QED) is 0.685. The highest BCUT2D eigenvalue weighted by atomic mass is 15.5. The van der Waals surface area contributed by atoms with Crippen LogP contribution in [0.4, 0.5) is 0 Å². The lowest BCUT2D eigenvalue weighted by atomic mass is 10.1. The molecule has 2 rings (SSSR count). The first-order valence-electron chi connectivity index (χ1n) is 4.46. The SMILES string of the molecule is C[NH2+]Cc1cccc(-c2nnn[n-]2)c1. The van der Waals surface area contributed by atoms with Crippen LogP contribution in [0.25, 0.3) is 11.4 Å². The van der Waals surface area contributed by atoms with Crippen molar-refractivity contribution in [1.29, 1.82) is 0 Å². The molecule has 0 bridgehead atoms. The Kier molecular flexibility index (Phi) is 2.51. The maximum Gasteiger partial charge on any atom is 0.101 e. The summed E-state index contributed by atoms with van der Waals surface area (Å²) in [6.07, 6.45) is 0. The van der Waals surface area contributed by atoms with Crippen LogP contribution in [0.15, 0.2) is 24.3 Å². The molecule has 1 aromatic carbocycles. The molecule has 0 amide bonds. The van der Waals surface area contributed by atoms with Gasteiger partial charge < -0.3 is 10.4 Å². The van der Waals surface area contributed by atoms with Gasteiger partial charge in [-0.05, 0) is 11.6 Å². The number of hydrogen-bond acceptors (Lipinski definition) is 3. The minimum atomic E-state index is 0.586. The number of rotatable bonds is 3. The molecule has 2 aromatic rings. The highest BCUT2D eigenvalue weighted by Gasteiger charge is 1.97. The van der Waals surface area contributed by atoms with Crippen molar-refractivity contribution in [1.82, 2.24) is 20.6 Å². The zero-order valence-corrected chi connectivity index (χ0v) is 7.88. The molecule has 14 heavy (non-hydrogen) atoms. The average molecular weight is 189 g/mol. The molecule has 0 saturated carbocycles. The van der Waals surface area contributed by atoms with Gasteiger partial charge in [-0.25, -0.2) is 0 Å². The van der Waals surface area contributed by atoms with Crippen molar-refractivity contribution < 1.29 is 5.32 Å². The third-order valence-electron chi connectivity index (χ3n) is 1.94. The van der Waals surface area contributed by atoms with Crippen molar-refractivity contribution >= 4 is 0 Å². The number of quaternary nitrogens is 1. The number of aromatic nitrogens is 4. The van der Waals surface area contributed by atoms with Gasteiger partial charge >= 0.3 is 0 Å². The van der Waals surface area contributed by atoms with Crippen LogP contribution >= 0.6 is 0 Å². The molecule has 0 fully saturated rings. The second kappa shape index (κ2) is 3.97. The molecule has 0 saturated heterocycles. The van der Waals surface area contributed by atoms with Gasteiger partial charge in [0.25, 0.3) is 0 Å². The predicted molar refractivity (Wildman–Crippen MR) is 50.1 cm³/mol. The highest BCUT2D eigenvalue weighted by molar-refractivity contribution is 5.54. The fourth-order valence-corrected chi connectivity index (χ4v) is 1.33. The van der Waals surface area contributed by atoms with Gasteiger partial charge in [-0.2, -0.15) is 5.21 Å². The van der Waals surface area contributed by atoms with E-state index in [1.54, 1.807) is 0 Å².